The predicted molar refractivity (Wildman–Crippen MR) is 184 cm³/mol. The van der Waals surface area contributed by atoms with Gasteiger partial charge in [0, 0.05) is 18.5 Å². The molecule has 7 nitrogen and oxygen atoms in total. The maximum atomic E-state index is 14.7. The van der Waals surface area contributed by atoms with E-state index in [2.05, 4.69) is 72.6 Å². The average molecular weight is 653 g/mol. The first-order valence-corrected chi connectivity index (χ1v) is 18.9. The van der Waals surface area contributed by atoms with E-state index >= 15 is 0 Å². The van der Waals surface area contributed by atoms with Crippen molar-refractivity contribution in [1.29, 1.82) is 0 Å². The third-order valence-electron chi connectivity index (χ3n) is 17.0. The predicted octanol–water partition coefficient (Wildman–Crippen LogP) is 7.13. The van der Waals surface area contributed by atoms with E-state index < -0.39 is 16.8 Å². The Morgan fingerprint density at radius 2 is 1.51 bits per heavy atom. The van der Waals surface area contributed by atoms with Gasteiger partial charge >= 0.3 is 5.97 Å². The number of nitrogens with one attached hydrogen (secondary N) is 2. The Kier molecular flexibility index (Phi) is 8.42. The van der Waals surface area contributed by atoms with E-state index in [9.17, 15) is 19.5 Å². The van der Waals surface area contributed by atoms with Crippen LogP contribution in [0.2, 0.25) is 0 Å². The summed E-state index contributed by atoms with van der Waals surface area (Å²) in [5, 5.41) is 26.4. The van der Waals surface area contributed by atoms with E-state index in [1.807, 2.05) is 0 Å². The highest BCUT2D eigenvalue weighted by atomic mass is 16.4. The molecule has 0 radical (unpaired) electrons. The lowest BCUT2D eigenvalue weighted by Gasteiger charge is -2.72. The van der Waals surface area contributed by atoms with Crippen molar-refractivity contribution in [1.82, 2.24) is 10.6 Å². The Morgan fingerprint density at radius 1 is 0.809 bits per heavy atom. The number of hydrogen-bond acceptors (Lipinski definition) is 4. The summed E-state index contributed by atoms with van der Waals surface area (Å²) < 4.78 is 0. The molecule has 6 rings (SSSR count). The standard InChI is InChI=1S/C40H64N2O5/c1-23(2)24-12-18-40(34(47)42-29-22-26(35(29,3)4)33(46)41-21-15-31(44)45)20-19-38(8)25(32(24)40)10-11-28-37(7)16-14-30(43)36(5,6)27(37)13-17-39(28,38)9/h24-30,32,43H,1,10-22H2,2-9H3,(H,41,46)(H,42,47)(H,44,45). The van der Waals surface area contributed by atoms with Gasteiger partial charge in [0.05, 0.1) is 17.9 Å². The molecule has 6 fully saturated rings. The van der Waals surface area contributed by atoms with Gasteiger partial charge in [-0.15, -0.1) is 0 Å². The number of carbonyl (C=O) groups is 3. The molecule has 0 heterocycles. The molecule has 12 atom stereocenters. The van der Waals surface area contributed by atoms with Gasteiger partial charge in [0.2, 0.25) is 11.8 Å². The summed E-state index contributed by atoms with van der Waals surface area (Å²) >= 11 is 0. The van der Waals surface area contributed by atoms with Crippen molar-refractivity contribution in [3.05, 3.63) is 12.2 Å². The Bertz CT molecular complexity index is 1320. The van der Waals surface area contributed by atoms with Crippen LogP contribution < -0.4 is 10.6 Å². The van der Waals surface area contributed by atoms with Crippen LogP contribution in [-0.4, -0.2) is 46.7 Å². The minimum Gasteiger partial charge on any atom is -0.481 e. The minimum absolute atomic E-state index is 0.0597. The quantitative estimate of drug-likeness (QED) is 0.219. The molecular formula is C40H64N2O5. The molecule has 6 aliphatic carbocycles. The zero-order valence-corrected chi connectivity index (χ0v) is 30.6. The molecule has 7 heteroatoms. The number of aliphatic hydroxyl groups is 1. The molecule has 6 saturated carbocycles. The second-order valence-corrected chi connectivity index (χ2v) is 19.3. The third kappa shape index (κ3) is 4.84. The number of carbonyl (C=O) groups excluding carboxylic acids is 2. The largest absolute Gasteiger partial charge is 0.481 e. The Balaban J connectivity index is 1.25. The highest BCUT2D eigenvalue weighted by Crippen LogP contribution is 2.77. The van der Waals surface area contributed by atoms with E-state index in [1.165, 1.54) is 31.3 Å². The molecule has 47 heavy (non-hydrogen) atoms. The van der Waals surface area contributed by atoms with Crippen LogP contribution in [0.1, 0.15) is 132 Å². The van der Waals surface area contributed by atoms with Crippen LogP contribution in [0.4, 0.5) is 0 Å². The van der Waals surface area contributed by atoms with Gasteiger partial charge in [0.25, 0.3) is 0 Å². The van der Waals surface area contributed by atoms with Crippen LogP contribution in [0.25, 0.3) is 0 Å². The molecule has 0 spiro atoms. The van der Waals surface area contributed by atoms with Gasteiger partial charge < -0.3 is 20.8 Å². The van der Waals surface area contributed by atoms with Gasteiger partial charge in [0.15, 0.2) is 0 Å². The van der Waals surface area contributed by atoms with Crippen LogP contribution in [0, 0.1) is 68.0 Å². The van der Waals surface area contributed by atoms with Gasteiger partial charge in [-0.2, -0.15) is 0 Å². The zero-order chi connectivity index (χ0) is 34.5. The van der Waals surface area contributed by atoms with Crippen molar-refractivity contribution < 1.29 is 24.6 Å². The number of amides is 2. The van der Waals surface area contributed by atoms with E-state index in [1.54, 1.807) is 0 Å². The zero-order valence-electron chi connectivity index (χ0n) is 30.6. The number of aliphatic hydroxyl groups excluding tert-OH is 1. The summed E-state index contributed by atoms with van der Waals surface area (Å²) in [5.74, 6) is 1.18. The molecular weight excluding hydrogens is 588 g/mol. The van der Waals surface area contributed by atoms with Gasteiger partial charge in [-0.1, -0.05) is 60.6 Å². The van der Waals surface area contributed by atoms with Crippen LogP contribution in [0.3, 0.4) is 0 Å². The van der Waals surface area contributed by atoms with Crippen molar-refractivity contribution in [3.63, 3.8) is 0 Å². The van der Waals surface area contributed by atoms with Crippen molar-refractivity contribution in [2.45, 2.75) is 145 Å². The number of carboxylic acids is 1. The van der Waals surface area contributed by atoms with E-state index in [0.717, 1.165) is 38.5 Å². The van der Waals surface area contributed by atoms with Gasteiger partial charge in [-0.05, 0) is 134 Å². The molecule has 12 unspecified atom stereocenters. The summed E-state index contributed by atoms with van der Waals surface area (Å²) in [6.45, 7) is 23.4. The smallest absolute Gasteiger partial charge is 0.305 e. The summed E-state index contributed by atoms with van der Waals surface area (Å²) in [6.07, 6.45) is 11.0. The lowest BCUT2D eigenvalue weighted by Crippen LogP contribution is -2.68. The van der Waals surface area contributed by atoms with Crippen LogP contribution in [0.15, 0.2) is 12.2 Å². The number of hydrogen-bond donors (Lipinski definition) is 4. The summed E-state index contributed by atoms with van der Waals surface area (Å²) in [6, 6.07) is -0.0778. The number of aliphatic carboxylic acids is 1. The third-order valence-corrected chi connectivity index (χ3v) is 17.0. The highest BCUT2D eigenvalue weighted by Gasteiger charge is 2.72. The highest BCUT2D eigenvalue weighted by molar-refractivity contribution is 5.86. The molecule has 0 aliphatic heterocycles. The first-order chi connectivity index (χ1) is 21.8. The first kappa shape index (κ1) is 35.0. The maximum Gasteiger partial charge on any atom is 0.305 e. The van der Waals surface area contributed by atoms with E-state index in [4.69, 9.17) is 5.11 Å². The lowest BCUT2D eigenvalue weighted by atomic mass is 9.32. The minimum atomic E-state index is -0.924. The molecule has 0 aromatic rings. The second-order valence-electron chi connectivity index (χ2n) is 19.3. The summed E-state index contributed by atoms with van der Waals surface area (Å²) in [7, 11) is 0. The van der Waals surface area contributed by atoms with Gasteiger partial charge in [-0.25, -0.2) is 0 Å². The molecule has 0 bridgehead atoms. The van der Waals surface area contributed by atoms with E-state index in [-0.39, 0.29) is 70.4 Å². The number of allylic oxidation sites excluding steroid dienone is 1. The molecule has 264 valence electrons. The van der Waals surface area contributed by atoms with Crippen LogP contribution >= 0.6 is 0 Å². The summed E-state index contributed by atoms with van der Waals surface area (Å²) in [4.78, 5) is 38.6. The molecule has 6 aliphatic rings. The molecule has 0 aromatic carbocycles. The topological polar surface area (TPSA) is 116 Å². The number of carboxylic acid groups (broad SMARTS) is 1. The lowest BCUT2D eigenvalue weighted by molar-refractivity contribution is -0.246. The van der Waals surface area contributed by atoms with Crippen molar-refractivity contribution >= 4 is 17.8 Å². The van der Waals surface area contributed by atoms with Gasteiger partial charge in [-0.3, -0.25) is 14.4 Å². The average Bonchev–Trinajstić information content (AvgIpc) is 3.38. The monoisotopic (exact) mass is 652 g/mol. The van der Waals surface area contributed by atoms with Crippen molar-refractivity contribution in [2.75, 3.05) is 6.54 Å². The second kappa shape index (κ2) is 11.3. The Labute approximate surface area is 283 Å². The van der Waals surface area contributed by atoms with Gasteiger partial charge in [0.1, 0.15) is 0 Å². The number of fused-ring (bicyclic) bond motifs is 7. The normalized spacial score (nSPS) is 47.6. The molecule has 0 saturated heterocycles. The molecule has 0 aromatic heterocycles. The fourth-order valence-electron chi connectivity index (χ4n) is 13.9. The summed E-state index contributed by atoms with van der Waals surface area (Å²) in [5.41, 5.74) is 0.932. The Morgan fingerprint density at radius 3 is 2.15 bits per heavy atom. The van der Waals surface area contributed by atoms with E-state index in [0.29, 0.717) is 30.1 Å². The van der Waals surface area contributed by atoms with Crippen molar-refractivity contribution in [3.8, 4) is 0 Å². The van der Waals surface area contributed by atoms with Crippen LogP contribution in [0.5, 0.6) is 0 Å². The Hall–Kier alpha value is -1.89. The molecule has 2 amide bonds. The maximum absolute atomic E-state index is 14.7. The van der Waals surface area contributed by atoms with Crippen LogP contribution in [-0.2, 0) is 14.4 Å². The molecule has 4 N–H and O–H groups in total. The van der Waals surface area contributed by atoms with Crippen molar-refractivity contribution in [2.24, 2.45) is 68.0 Å². The number of rotatable bonds is 7. The SMILES string of the molecule is C=C(C)C1CCC2(C(=O)NC3CC(C(=O)NCCC(=O)O)C3(C)C)CCC3(C)C(CCC4C5(C)CCC(O)C(C)(C)C5CCC43C)C12. The fraction of sp³-hybridized carbons (Fsp3) is 0.875. The fourth-order valence-corrected chi connectivity index (χ4v) is 13.9. The first-order valence-electron chi connectivity index (χ1n) is 18.9.